The summed E-state index contributed by atoms with van der Waals surface area (Å²) < 4.78 is 4.84. The molecule has 0 bridgehead atoms. The Kier molecular flexibility index (Phi) is 5.16. The Morgan fingerprint density at radius 3 is 2.78 bits per heavy atom. The molecular weight excluding hydrogens is 238 g/mol. The Hall–Kier alpha value is -2.05. The molecule has 7 heteroatoms. The summed E-state index contributed by atoms with van der Waals surface area (Å²) in [4.78, 5) is 22.3. The average Bonchev–Trinajstić information content (AvgIpc) is 2.72. The van der Waals surface area contributed by atoms with E-state index in [4.69, 9.17) is 9.63 Å². The number of carboxylic acid groups (broad SMARTS) is 1. The molecule has 2 amide bonds. The lowest BCUT2D eigenvalue weighted by Gasteiger charge is -2.13. The van der Waals surface area contributed by atoms with E-state index in [2.05, 4.69) is 15.8 Å². The highest BCUT2D eigenvalue weighted by atomic mass is 16.5. The molecule has 100 valence electrons. The fourth-order valence-corrected chi connectivity index (χ4v) is 1.43. The fourth-order valence-electron chi connectivity index (χ4n) is 1.43. The molecule has 0 saturated heterocycles. The zero-order chi connectivity index (χ0) is 13.5. The first kappa shape index (κ1) is 14.0. The zero-order valence-electron chi connectivity index (χ0n) is 10.4. The monoisotopic (exact) mass is 255 g/mol. The average molecular weight is 255 g/mol. The number of carbonyl (C=O) groups is 2. The second kappa shape index (κ2) is 6.63. The van der Waals surface area contributed by atoms with Gasteiger partial charge < -0.3 is 20.3 Å². The first-order chi connectivity index (χ1) is 8.52. The number of carboxylic acids is 1. The van der Waals surface area contributed by atoms with Crippen LogP contribution in [0.2, 0.25) is 0 Å². The van der Waals surface area contributed by atoms with Crippen molar-refractivity contribution in [3.05, 3.63) is 17.5 Å². The smallest absolute Gasteiger partial charge is 0.326 e. The molecule has 1 aromatic rings. The molecule has 0 aliphatic heterocycles. The lowest BCUT2D eigenvalue weighted by Crippen LogP contribution is -2.45. The van der Waals surface area contributed by atoms with Gasteiger partial charge in [0.15, 0.2) is 0 Å². The van der Waals surface area contributed by atoms with Gasteiger partial charge in [0.25, 0.3) is 0 Å². The Bertz CT molecular complexity index is 416. The van der Waals surface area contributed by atoms with E-state index in [9.17, 15) is 9.59 Å². The highest BCUT2D eigenvalue weighted by Crippen LogP contribution is 2.01. The van der Waals surface area contributed by atoms with Gasteiger partial charge in [-0.25, -0.2) is 9.59 Å². The molecule has 1 atom stereocenters. The maximum Gasteiger partial charge on any atom is 0.326 e. The van der Waals surface area contributed by atoms with Gasteiger partial charge >= 0.3 is 12.0 Å². The van der Waals surface area contributed by atoms with Crippen LogP contribution in [0, 0.1) is 6.92 Å². The van der Waals surface area contributed by atoms with Crippen molar-refractivity contribution in [1.82, 2.24) is 15.8 Å². The van der Waals surface area contributed by atoms with Gasteiger partial charge in [-0.1, -0.05) is 18.5 Å². The minimum absolute atomic E-state index is 0.196. The van der Waals surface area contributed by atoms with Gasteiger partial charge in [-0.3, -0.25) is 0 Å². The van der Waals surface area contributed by atoms with Gasteiger partial charge in [0.05, 0.1) is 6.54 Å². The summed E-state index contributed by atoms with van der Waals surface area (Å²) in [6, 6.07) is 0.298. The largest absolute Gasteiger partial charge is 0.480 e. The molecule has 0 aromatic carbocycles. The molecule has 18 heavy (non-hydrogen) atoms. The van der Waals surface area contributed by atoms with Gasteiger partial charge in [-0.2, -0.15) is 0 Å². The van der Waals surface area contributed by atoms with Crippen molar-refractivity contribution < 1.29 is 19.2 Å². The maximum atomic E-state index is 11.5. The molecule has 1 aromatic heterocycles. The molecule has 0 saturated carbocycles. The van der Waals surface area contributed by atoms with Crippen molar-refractivity contribution in [2.45, 2.75) is 39.3 Å². The first-order valence-electron chi connectivity index (χ1n) is 5.72. The normalized spacial score (nSPS) is 11.9. The molecular formula is C11H17N3O4. The van der Waals surface area contributed by atoms with E-state index < -0.39 is 18.0 Å². The van der Waals surface area contributed by atoms with Gasteiger partial charge in [0, 0.05) is 6.07 Å². The number of urea groups is 1. The highest BCUT2D eigenvalue weighted by Gasteiger charge is 2.18. The van der Waals surface area contributed by atoms with Crippen LogP contribution in [0.5, 0.6) is 0 Å². The van der Waals surface area contributed by atoms with Crippen LogP contribution in [-0.4, -0.2) is 28.3 Å². The lowest BCUT2D eigenvalue weighted by atomic mass is 10.2. The molecule has 7 nitrogen and oxygen atoms in total. The number of aryl methyl sites for hydroxylation is 1. The van der Waals surface area contributed by atoms with Crippen LogP contribution < -0.4 is 10.6 Å². The highest BCUT2D eigenvalue weighted by molar-refractivity contribution is 5.82. The van der Waals surface area contributed by atoms with E-state index in [1.165, 1.54) is 0 Å². The number of aliphatic carboxylic acids is 1. The summed E-state index contributed by atoms with van der Waals surface area (Å²) in [5.74, 6) is -0.383. The summed E-state index contributed by atoms with van der Waals surface area (Å²) in [6.45, 7) is 3.80. The SMILES string of the molecule is CCC[C@H](NC(=O)NCc1cc(C)on1)C(=O)O. The summed E-state index contributed by atoms with van der Waals surface area (Å²) in [5.41, 5.74) is 0.588. The molecule has 0 aliphatic rings. The van der Waals surface area contributed by atoms with Gasteiger partial charge in [-0.15, -0.1) is 0 Å². The van der Waals surface area contributed by atoms with Crippen molar-refractivity contribution >= 4 is 12.0 Å². The fraction of sp³-hybridized carbons (Fsp3) is 0.545. The Morgan fingerprint density at radius 2 is 2.28 bits per heavy atom. The summed E-state index contributed by atoms with van der Waals surface area (Å²) >= 11 is 0. The van der Waals surface area contributed by atoms with Crippen molar-refractivity contribution in [3.8, 4) is 0 Å². The molecule has 3 N–H and O–H groups in total. The van der Waals surface area contributed by atoms with Crippen LogP contribution in [0.25, 0.3) is 0 Å². The van der Waals surface area contributed by atoms with E-state index in [1.54, 1.807) is 13.0 Å². The second-order valence-corrected chi connectivity index (χ2v) is 3.94. The number of rotatable bonds is 6. The molecule has 0 unspecified atom stereocenters. The molecule has 0 aliphatic carbocycles. The van der Waals surface area contributed by atoms with Gasteiger partial charge in [0.2, 0.25) is 0 Å². The third kappa shape index (κ3) is 4.44. The van der Waals surface area contributed by atoms with Crippen LogP contribution in [0.4, 0.5) is 4.79 Å². The van der Waals surface area contributed by atoms with Crippen LogP contribution in [-0.2, 0) is 11.3 Å². The number of nitrogens with zero attached hydrogens (tertiary/aromatic N) is 1. The van der Waals surface area contributed by atoms with E-state index in [1.807, 2.05) is 6.92 Å². The number of hydrogen-bond donors (Lipinski definition) is 3. The Balaban J connectivity index is 2.38. The summed E-state index contributed by atoms with van der Waals surface area (Å²) in [6.07, 6.45) is 1.07. The zero-order valence-corrected chi connectivity index (χ0v) is 10.4. The molecule has 0 spiro atoms. The Labute approximate surface area is 105 Å². The van der Waals surface area contributed by atoms with Crippen molar-refractivity contribution in [1.29, 1.82) is 0 Å². The number of amides is 2. The summed E-state index contributed by atoms with van der Waals surface area (Å²) in [5, 5.41) is 17.5. The standard InChI is InChI=1S/C11H17N3O4/c1-3-4-9(10(15)16)13-11(17)12-6-8-5-7(2)18-14-8/h5,9H,3-4,6H2,1-2H3,(H,15,16)(H2,12,13,17)/t9-/m0/s1. The van der Waals surface area contributed by atoms with Crippen LogP contribution >= 0.6 is 0 Å². The van der Waals surface area contributed by atoms with Crippen molar-refractivity contribution in [2.24, 2.45) is 0 Å². The first-order valence-corrected chi connectivity index (χ1v) is 5.72. The topological polar surface area (TPSA) is 104 Å². The molecule has 1 heterocycles. The lowest BCUT2D eigenvalue weighted by molar-refractivity contribution is -0.139. The van der Waals surface area contributed by atoms with Crippen molar-refractivity contribution in [3.63, 3.8) is 0 Å². The van der Waals surface area contributed by atoms with Crippen LogP contribution in [0.1, 0.15) is 31.2 Å². The van der Waals surface area contributed by atoms with E-state index in [0.717, 1.165) is 0 Å². The van der Waals surface area contributed by atoms with Gasteiger partial charge in [0.1, 0.15) is 17.5 Å². The number of nitrogens with one attached hydrogen (secondary N) is 2. The second-order valence-electron chi connectivity index (χ2n) is 3.94. The molecule has 0 radical (unpaired) electrons. The number of hydrogen-bond acceptors (Lipinski definition) is 4. The predicted octanol–water partition coefficient (Wildman–Crippen LogP) is 1.04. The third-order valence-electron chi connectivity index (χ3n) is 2.29. The maximum absolute atomic E-state index is 11.5. The molecule has 1 rings (SSSR count). The quantitative estimate of drug-likeness (QED) is 0.704. The number of carbonyl (C=O) groups excluding carboxylic acids is 1. The van der Waals surface area contributed by atoms with E-state index in [0.29, 0.717) is 24.3 Å². The minimum atomic E-state index is -1.04. The number of aromatic nitrogens is 1. The summed E-state index contributed by atoms with van der Waals surface area (Å²) in [7, 11) is 0. The third-order valence-corrected chi connectivity index (χ3v) is 2.29. The van der Waals surface area contributed by atoms with Crippen molar-refractivity contribution in [2.75, 3.05) is 0 Å². The predicted molar refractivity (Wildman–Crippen MR) is 62.9 cm³/mol. The van der Waals surface area contributed by atoms with Crippen LogP contribution in [0.3, 0.4) is 0 Å². The van der Waals surface area contributed by atoms with E-state index >= 15 is 0 Å². The van der Waals surface area contributed by atoms with E-state index in [-0.39, 0.29) is 6.54 Å². The Morgan fingerprint density at radius 1 is 1.56 bits per heavy atom. The molecule has 0 fully saturated rings. The van der Waals surface area contributed by atoms with Crippen LogP contribution in [0.15, 0.2) is 10.6 Å². The minimum Gasteiger partial charge on any atom is -0.480 e. The van der Waals surface area contributed by atoms with Gasteiger partial charge in [-0.05, 0) is 13.3 Å².